The van der Waals surface area contributed by atoms with E-state index in [-0.39, 0.29) is 32.1 Å². The van der Waals surface area contributed by atoms with Crippen LogP contribution in [0.5, 0.6) is 0 Å². The molecule has 2 fully saturated rings. The van der Waals surface area contributed by atoms with Crippen LogP contribution in [0.2, 0.25) is 0 Å². The van der Waals surface area contributed by atoms with Crippen LogP contribution in [0.1, 0.15) is 44.9 Å². The number of amides is 3. The van der Waals surface area contributed by atoms with E-state index in [1.54, 1.807) is 5.32 Å². The Bertz CT molecular complexity index is 702. The number of hydrogen-bond donors (Lipinski definition) is 4. The monoisotopic (exact) mass is 470 g/mol. The molecule has 4 N–H and O–H groups in total. The second kappa shape index (κ2) is 11.0. The quantitative estimate of drug-likeness (QED) is 0.246. The van der Waals surface area contributed by atoms with Crippen LogP contribution < -0.4 is 5.32 Å². The minimum atomic E-state index is -5.21. The Balaban J connectivity index is 1.83. The van der Waals surface area contributed by atoms with Crippen molar-refractivity contribution in [2.75, 3.05) is 6.61 Å². The van der Waals surface area contributed by atoms with Crippen molar-refractivity contribution in [3.05, 3.63) is 0 Å². The third-order valence-electron chi connectivity index (χ3n) is 5.15. The van der Waals surface area contributed by atoms with Gasteiger partial charge in [-0.05, 0) is 12.8 Å². The second-order valence-electron chi connectivity index (χ2n) is 7.52. The Morgan fingerprint density at radius 2 is 1.69 bits per heavy atom. The molecule has 0 saturated carbocycles. The number of alkyl halides is 3. The molecule has 11 nitrogen and oxygen atoms in total. The maximum absolute atomic E-state index is 12.6. The number of carbonyl (C=O) groups is 4. The topological polar surface area (TPSA) is 163 Å². The fourth-order valence-corrected chi connectivity index (χ4v) is 3.45. The van der Waals surface area contributed by atoms with E-state index < -0.39 is 66.9 Å². The lowest BCUT2D eigenvalue weighted by molar-refractivity contribution is -0.204. The van der Waals surface area contributed by atoms with Crippen molar-refractivity contribution in [2.24, 2.45) is 0 Å². The standard InChI is InChI=1S/C18H25F3N2O9/c19-18(20,21)17(30)22-14-9(31-10(8-24)15(28)16(14)29)4-2-1-3-5-13(27)32-23-11(25)6-7-12(23)26/h9-10,14-16,24,28-29H,1-8H2,(H,22,30). The molecule has 0 aromatic carbocycles. The number of aliphatic hydroxyl groups is 3. The second-order valence-corrected chi connectivity index (χ2v) is 7.52. The van der Waals surface area contributed by atoms with Gasteiger partial charge in [0.05, 0.1) is 18.8 Å². The van der Waals surface area contributed by atoms with Gasteiger partial charge in [0.25, 0.3) is 11.8 Å². The van der Waals surface area contributed by atoms with Crippen molar-refractivity contribution >= 4 is 23.7 Å². The van der Waals surface area contributed by atoms with Crippen molar-refractivity contribution in [1.29, 1.82) is 0 Å². The molecule has 2 rings (SSSR count). The summed E-state index contributed by atoms with van der Waals surface area (Å²) < 4.78 is 43.2. The van der Waals surface area contributed by atoms with Gasteiger partial charge in [-0.3, -0.25) is 14.4 Å². The number of carbonyl (C=O) groups excluding carboxylic acids is 4. The number of hydrogen-bond acceptors (Lipinski definition) is 9. The molecule has 0 bridgehead atoms. The van der Waals surface area contributed by atoms with Crippen LogP contribution in [-0.2, 0) is 28.8 Å². The van der Waals surface area contributed by atoms with Gasteiger partial charge in [0, 0.05) is 19.3 Å². The van der Waals surface area contributed by atoms with Gasteiger partial charge in [-0.1, -0.05) is 12.8 Å². The van der Waals surface area contributed by atoms with E-state index in [2.05, 4.69) is 0 Å². The summed E-state index contributed by atoms with van der Waals surface area (Å²) in [6.45, 7) is -0.700. The molecule has 182 valence electrons. The molecule has 3 amide bonds. The first kappa shape index (κ1) is 26.0. The van der Waals surface area contributed by atoms with E-state index in [9.17, 15) is 47.7 Å². The normalized spacial score (nSPS) is 28.7. The molecule has 0 aromatic rings. The van der Waals surface area contributed by atoms with E-state index in [1.165, 1.54) is 0 Å². The van der Waals surface area contributed by atoms with Gasteiger partial charge in [-0.2, -0.15) is 13.2 Å². The first-order valence-corrected chi connectivity index (χ1v) is 10.0. The lowest BCUT2D eigenvalue weighted by Crippen LogP contribution is -2.65. The highest BCUT2D eigenvalue weighted by Gasteiger charge is 2.48. The van der Waals surface area contributed by atoms with Gasteiger partial charge < -0.3 is 30.2 Å². The summed E-state index contributed by atoms with van der Waals surface area (Å²) in [5.41, 5.74) is 0. The predicted octanol–water partition coefficient (Wildman–Crippen LogP) is -0.927. The van der Waals surface area contributed by atoms with E-state index in [1.807, 2.05) is 0 Å². The van der Waals surface area contributed by atoms with Crippen molar-refractivity contribution in [1.82, 2.24) is 10.4 Å². The number of unbranched alkanes of at least 4 members (excludes halogenated alkanes) is 2. The molecule has 2 aliphatic rings. The van der Waals surface area contributed by atoms with E-state index in [4.69, 9.17) is 9.57 Å². The molecule has 0 radical (unpaired) electrons. The Morgan fingerprint density at radius 3 is 2.25 bits per heavy atom. The molecule has 2 aliphatic heterocycles. The smallest absolute Gasteiger partial charge is 0.394 e. The van der Waals surface area contributed by atoms with E-state index in [0.29, 0.717) is 17.9 Å². The molecule has 32 heavy (non-hydrogen) atoms. The summed E-state index contributed by atoms with van der Waals surface area (Å²) in [7, 11) is 0. The van der Waals surface area contributed by atoms with E-state index >= 15 is 0 Å². The largest absolute Gasteiger partial charge is 0.471 e. The van der Waals surface area contributed by atoms with Crippen molar-refractivity contribution in [3.8, 4) is 0 Å². The number of nitrogens with one attached hydrogen (secondary N) is 1. The van der Waals surface area contributed by atoms with Crippen molar-refractivity contribution < 1.29 is 57.2 Å². The SMILES string of the molecule is O=C(CCCCCC1OC(CO)C(O)C(O)C1NC(=O)C(F)(F)F)ON1C(=O)CCC1=O. The molecule has 5 unspecified atom stereocenters. The predicted molar refractivity (Wildman–Crippen MR) is 96.0 cm³/mol. The number of ether oxygens (including phenoxy) is 1. The van der Waals surface area contributed by atoms with Crippen molar-refractivity contribution in [2.45, 2.75) is 81.6 Å². The Kier molecular flexibility index (Phi) is 8.95. The van der Waals surface area contributed by atoms with Crippen LogP contribution >= 0.6 is 0 Å². The maximum atomic E-state index is 12.6. The molecular weight excluding hydrogens is 445 g/mol. The molecule has 0 aromatic heterocycles. The number of halogens is 3. The highest BCUT2D eigenvalue weighted by Crippen LogP contribution is 2.26. The molecule has 2 saturated heterocycles. The Morgan fingerprint density at radius 1 is 1.06 bits per heavy atom. The van der Waals surface area contributed by atoms with Gasteiger partial charge in [0.1, 0.15) is 18.3 Å². The summed E-state index contributed by atoms with van der Waals surface area (Å²) >= 11 is 0. The molecule has 0 aliphatic carbocycles. The molecule has 2 heterocycles. The van der Waals surface area contributed by atoms with Crippen LogP contribution in [0.3, 0.4) is 0 Å². The molecule has 5 atom stereocenters. The maximum Gasteiger partial charge on any atom is 0.471 e. The third kappa shape index (κ3) is 6.60. The Hall–Kier alpha value is -2.29. The summed E-state index contributed by atoms with van der Waals surface area (Å²) in [5.74, 6) is -4.32. The first-order chi connectivity index (χ1) is 15.0. The van der Waals surface area contributed by atoms with Crippen LogP contribution in [0.25, 0.3) is 0 Å². The Labute approximate surface area is 180 Å². The summed E-state index contributed by atoms with van der Waals surface area (Å²) in [4.78, 5) is 50.5. The van der Waals surface area contributed by atoms with Crippen LogP contribution in [-0.4, -0.2) is 87.3 Å². The zero-order valence-corrected chi connectivity index (χ0v) is 16.9. The minimum Gasteiger partial charge on any atom is -0.394 e. The van der Waals surface area contributed by atoms with Gasteiger partial charge in [-0.15, -0.1) is 5.06 Å². The van der Waals surface area contributed by atoms with Gasteiger partial charge >= 0.3 is 18.1 Å². The van der Waals surface area contributed by atoms with Gasteiger partial charge in [0.2, 0.25) is 0 Å². The highest BCUT2D eigenvalue weighted by atomic mass is 19.4. The summed E-state index contributed by atoms with van der Waals surface area (Å²) in [6.07, 6.45) is -10.3. The van der Waals surface area contributed by atoms with Crippen LogP contribution in [0.4, 0.5) is 13.2 Å². The summed E-state index contributed by atoms with van der Waals surface area (Å²) in [5, 5.41) is 31.3. The average Bonchev–Trinajstić information content (AvgIpc) is 3.03. The lowest BCUT2D eigenvalue weighted by atomic mass is 9.90. The van der Waals surface area contributed by atoms with Gasteiger partial charge in [0.15, 0.2) is 0 Å². The zero-order valence-electron chi connectivity index (χ0n) is 16.9. The molecular formula is C18H25F3N2O9. The number of aliphatic hydroxyl groups excluding tert-OH is 3. The lowest BCUT2D eigenvalue weighted by Gasteiger charge is -2.43. The minimum absolute atomic E-state index is 0.0328. The van der Waals surface area contributed by atoms with Crippen molar-refractivity contribution in [3.63, 3.8) is 0 Å². The fraction of sp³-hybridized carbons (Fsp3) is 0.778. The molecule has 0 spiro atoms. The van der Waals surface area contributed by atoms with Crippen LogP contribution in [0, 0.1) is 0 Å². The summed E-state index contributed by atoms with van der Waals surface area (Å²) in [6, 6.07) is -1.57. The average molecular weight is 470 g/mol. The van der Waals surface area contributed by atoms with Gasteiger partial charge in [-0.25, -0.2) is 4.79 Å². The third-order valence-corrected chi connectivity index (χ3v) is 5.15. The highest BCUT2D eigenvalue weighted by molar-refractivity contribution is 6.01. The fourth-order valence-electron chi connectivity index (χ4n) is 3.45. The van der Waals surface area contributed by atoms with E-state index in [0.717, 1.165) is 0 Å². The van der Waals surface area contributed by atoms with Crippen LogP contribution in [0.15, 0.2) is 0 Å². The zero-order chi connectivity index (χ0) is 24.1. The first-order valence-electron chi connectivity index (χ1n) is 10.0. The number of imide groups is 1. The molecule has 14 heteroatoms. The number of hydroxylamine groups is 2. The number of rotatable bonds is 9. The number of nitrogens with zero attached hydrogens (tertiary/aromatic N) is 1.